The second kappa shape index (κ2) is 15.3. The predicted octanol–water partition coefficient (Wildman–Crippen LogP) is 12.7. The third kappa shape index (κ3) is 6.91. The Kier molecular flexibility index (Phi) is 12.0. The maximum atomic E-state index is 11.7. The normalized spacial score (nSPS) is 13.7. The zero-order valence-electron chi connectivity index (χ0n) is 31.3. The van der Waals surface area contributed by atoms with E-state index in [0.29, 0.717) is 11.8 Å². The summed E-state index contributed by atoms with van der Waals surface area (Å²) in [6.45, 7) is 23.9. The summed E-state index contributed by atoms with van der Waals surface area (Å²) in [5.41, 5.74) is 10.2. The first-order valence-corrected chi connectivity index (χ1v) is 18.1. The van der Waals surface area contributed by atoms with Crippen LogP contribution in [0.25, 0.3) is 44.0 Å². The zero-order valence-corrected chi connectivity index (χ0v) is 33.7. The number of benzene rings is 3. The summed E-state index contributed by atoms with van der Waals surface area (Å²) in [6.07, 6.45) is 6.93. The molecule has 0 saturated heterocycles. The molecule has 49 heavy (non-hydrogen) atoms. The molecule has 1 N–H and O–H groups in total. The number of aliphatic hydroxyl groups is 1. The topological polar surface area (TPSA) is 63.3 Å². The fourth-order valence-corrected chi connectivity index (χ4v) is 7.61. The van der Waals surface area contributed by atoms with Gasteiger partial charge in [0.2, 0.25) is 0 Å². The molecule has 1 aliphatic rings. The number of aryl methyl sites for hydroxylation is 1. The molecule has 3 aromatic carbocycles. The molecule has 5 heteroatoms. The van der Waals surface area contributed by atoms with Crippen molar-refractivity contribution >= 4 is 38.5 Å². The van der Waals surface area contributed by atoms with Gasteiger partial charge >= 0.3 is 0 Å². The van der Waals surface area contributed by atoms with E-state index in [2.05, 4.69) is 90.9 Å². The number of hydrogen-bond acceptors (Lipinski definition) is 4. The van der Waals surface area contributed by atoms with Crippen LogP contribution in [0.4, 0.5) is 0 Å². The van der Waals surface area contributed by atoms with E-state index in [0.717, 1.165) is 48.1 Å². The van der Waals surface area contributed by atoms with Gasteiger partial charge in [-0.25, -0.2) is 0 Å². The molecule has 2 heterocycles. The van der Waals surface area contributed by atoms with Crippen LogP contribution in [0.3, 0.4) is 0 Å². The van der Waals surface area contributed by atoms with Crippen LogP contribution in [0.5, 0.6) is 0 Å². The number of carbonyl (C=O) groups excluding carboxylic acids is 1. The average Bonchev–Trinajstić information content (AvgIpc) is 3.41. The van der Waals surface area contributed by atoms with E-state index < -0.39 is 0 Å². The average molecular weight is 837 g/mol. The first kappa shape index (κ1) is 38.5. The standard InChI is InChI=1S/C31H30NO.C13H24O2.Ir/c1-16(2)20-10-11-22-25-26-24(13-12-21(17(3)4)30(26)33-29(20)25)31(6,7)27-23-14-18(5)8-9-19(23)15-32-28(22)27;1-5-10(6-2)12(14)9-13(15)11(7-3)8-4;/h8-10,12-17H,1-7H3;9-11,14H,5-8H2,1-4H3;/q-1;;/b;12-9-;. The van der Waals surface area contributed by atoms with Crippen LogP contribution < -0.4 is 0 Å². The molecule has 1 radical (unpaired) electrons. The molecule has 2 aromatic heterocycles. The van der Waals surface area contributed by atoms with Crippen molar-refractivity contribution in [1.82, 2.24) is 4.98 Å². The SMILES string of the molecule is CCC(CC)C(=O)/C=C(\O)C(CC)CC.Cc1ccc2cnc3c(c2c1)C(C)(C)c1ccc(C(C)C)c2oc4c(C(C)C)c[c-]c-3c4c12.[Ir]. The molecule has 6 rings (SSSR count). The fourth-order valence-electron chi connectivity index (χ4n) is 7.61. The monoisotopic (exact) mass is 837 g/mol. The molecular weight excluding hydrogens is 783 g/mol. The Morgan fingerprint density at radius 1 is 0.898 bits per heavy atom. The van der Waals surface area contributed by atoms with Crippen LogP contribution in [0.2, 0.25) is 0 Å². The number of pyridine rings is 1. The zero-order chi connectivity index (χ0) is 35.1. The van der Waals surface area contributed by atoms with E-state index in [-0.39, 0.29) is 48.9 Å². The second-order valence-corrected chi connectivity index (χ2v) is 14.8. The molecule has 0 unspecified atom stereocenters. The van der Waals surface area contributed by atoms with Crippen LogP contribution in [-0.4, -0.2) is 15.9 Å². The smallest absolute Gasteiger partial charge is 0.162 e. The number of aromatic nitrogens is 1. The number of nitrogens with zero attached hydrogens (tertiary/aromatic N) is 1. The van der Waals surface area contributed by atoms with E-state index in [9.17, 15) is 9.90 Å². The Balaban J connectivity index is 0.000000290. The van der Waals surface area contributed by atoms with E-state index in [1.54, 1.807) is 0 Å². The van der Waals surface area contributed by atoms with Crippen molar-refractivity contribution in [2.45, 2.75) is 119 Å². The third-order valence-corrected chi connectivity index (χ3v) is 10.7. The number of fused-ring (bicyclic) bond motifs is 4. The van der Waals surface area contributed by atoms with Gasteiger partial charge in [0.25, 0.3) is 0 Å². The minimum absolute atomic E-state index is 0. The van der Waals surface area contributed by atoms with E-state index in [4.69, 9.17) is 9.40 Å². The quantitative estimate of drug-likeness (QED) is 0.0912. The third-order valence-electron chi connectivity index (χ3n) is 10.7. The van der Waals surface area contributed by atoms with Gasteiger partial charge in [-0.1, -0.05) is 122 Å². The molecule has 1 aliphatic carbocycles. The maximum Gasteiger partial charge on any atom is 0.162 e. The minimum Gasteiger partial charge on any atom is -0.512 e. The Bertz CT molecular complexity index is 2000. The summed E-state index contributed by atoms with van der Waals surface area (Å²) in [5, 5.41) is 14.6. The Morgan fingerprint density at radius 2 is 1.51 bits per heavy atom. The summed E-state index contributed by atoms with van der Waals surface area (Å²) < 4.78 is 6.76. The van der Waals surface area contributed by atoms with Crippen LogP contribution in [0, 0.1) is 24.8 Å². The molecule has 5 aromatic rings. The molecule has 0 atom stereocenters. The van der Waals surface area contributed by atoms with Gasteiger partial charge in [0.15, 0.2) is 5.78 Å². The largest absolute Gasteiger partial charge is 0.512 e. The first-order chi connectivity index (χ1) is 22.8. The van der Waals surface area contributed by atoms with Crippen LogP contribution in [0.15, 0.2) is 58.8 Å². The van der Waals surface area contributed by atoms with Gasteiger partial charge in [-0.15, -0.1) is 17.7 Å². The van der Waals surface area contributed by atoms with Crippen LogP contribution in [-0.2, 0) is 30.3 Å². The number of aliphatic hydroxyl groups excluding tert-OH is 1. The van der Waals surface area contributed by atoms with Gasteiger partial charge in [-0.05, 0) is 77.1 Å². The Morgan fingerprint density at radius 3 is 2.10 bits per heavy atom. The molecule has 263 valence electrons. The van der Waals surface area contributed by atoms with Crippen molar-refractivity contribution in [2.75, 3.05) is 0 Å². The number of rotatable bonds is 9. The van der Waals surface area contributed by atoms with Crippen molar-refractivity contribution in [2.24, 2.45) is 11.8 Å². The molecule has 0 amide bonds. The van der Waals surface area contributed by atoms with Gasteiger partial charge < -0.3 is 14.5 Å². The summed E-state index contributed by atoms with van der Waals surface area (Å²) in [4.78, 5) is 16.8. The van der Waals surface area contributed by atoms with Gasteiger partial charge in [-0.2, -0.15) is 0 Å². The number of ketones is 1. The van der Waals surface area contributed by atoms with Crippen molar-refractivity contribution in [3.8, 4) is 11.3 Å². The van der Waals surface area contributed by atoms with Gasteiger partial charge in [0, 0.05) is 49.6 Å². The maximum absolute atomic E-state index is 11.7. The van der Waals surface area contributed by atoms with E-state index >= 15 is 0 Å². The number of allylic oxidation sites excluding steroid dienone is 2. The van der Waals surface area contributed by atoms with Crippen LogP contribution in [0.1, 0.15) is 135 Å². The molecule has 0 fully saturated rings. The van der Waals surface area contributed by atoms with Gasteiger partial charge in [0.1, 0.15) is 5.58 Å². The molecule has 0 saturated carbocycles. The number of hydrogen-bond donors (Lipinski definition) is 1. The number of carbonyl (C=O) groups is 1. The summed E-state index contributed by atoms with van der Waals surface area (Å²) in [6, 6.07) is 17.1. The molecule has 4 nitrogen and oxygen atoms in total. The van der Waals surface area contributed by atoms with E-state index in [1.165, 1.54) is 55.4 Å². The first-order valence-electron chi connectivity index (χ1n) is 18.1. The Labute approximate surface area is 307 Å². The van der Waals surface area contributed by atoms with Crippen molar-refractivity contribution in [3.05, 3.63) is 88.3 Å². The fraction of sp³-hybridized carbons (Fsp3) is 0.455. The van der Waals surface area contributed by atoms with Gasteiger partial charge in [0.05, 0.1) is 11.3 Å². The van der Waals surface area contributed by atoms with Crippen LogP contribution >= 0.6 is 0 Å². The van der Waals surface area contributed by atoms with E-state index in [1.807, 2.05) is 33.9 Å². The predicted molar refractivity (Wildman–Crippen MR) is 202 cm³/mol. The summed E-state index contributed by atoms with van der Waals surface area (Å²) in [5.74, 6) is 1.28. The van der Waals surface area contributed by atoms with Crippen molar-refractivity contribution in [1.29, 1.82) is 0 Å². The molecular formula is C44H54IrNO3-. The summed E-state index contributed by atoms with van der Waals surface area (Å²) in [7, 11) is 0. The molecule has 0 aliphatic heterocycles. The molecule has 0 bridgehead atoms. The van der Waals surface area contributed by atoms with Gasteiger partial charge in [-0.3, -0.25) is 4.79 Å². The van der Waals surface area contributed by atoms with Crippen molar-refractivity contribution < 1.29 is 34.4 Å². The molecule has 0 spiro atoms. The second-order valence-electron chi connectivity index (χ2n) is 14.8. The number of furan rings is 1. The minimum atomic E-state index is -0.245. The summed E-state index contributed by atoms with van der Waals surface area (Å²) >= 11 is 0. The Hall–Kier alpha value is -3.27. The van der Waals surface area contributed by atoms with Crippen molar-refractivity contribution in [3.63, 3.8) is 0 Å².